The lowest BCUT2D eigenvalue weighted by Crippen LogP contribution is -3.11. The Labute approximate surface area is 168 Å². The number of hydrogen-bond donors (Lipinski definition) is 2. The molecule has 2 atom stereocenters. The minimum Gasteiger partial charge on any atom is -0.322 e. The van der Waals surface area contributed by atoms with Gasteiger partial charge in [0.05, 0.1) is 12.7 Å². The summed E-state index contributed by atoms with van der Waals surface area (Å²) in [6.07, 6.45) is 0.921. The van der Waals surface area contributed by atoms with Crippen LogP contribution >= 0.6 is 11.8 Å². The van der Waals surface area contributed by atoms with Crippen LogP contribution in [0.25, 0.3) is 0 Å². The molecule has 1 aliphatic heterocycles. The first-order valence-corrected chi connectivity index (χ1v) is 10.2. The number of amides is 2. The van der Waals surface area contributed by atoms with Crippen molar-refractivity contribution in [3.8, 4) is 0 Å². The number of likely N-dealkylation sites (N-methyl/N-ethyl adjacent to an activating group) is 1. The summed E-state index contributed by atoms with van der Waals surface area (Å²) in [7, 11) is 1.81. The van der Waals surface area contributed by atoms with E-state index in [9.17, 15) is 14.0 Å². The number of carbonyl (C=O) groups is 2. The standard InChI is InChI=1S/C21H24FN3O2S/c1-15-10-11-25(18-8-3-4-9-19(18)28-15)21(27)14-24(2)13-20(26)23-17-7-5-6-16(22)12-17/h3-9,12,15H,10-11,13-14H2,1-2H3,(H,23,26)/p+1/t15-/m1/s1. The number of para-hydroxylation sites is 1. The fourth-order valence-corrected chi connectivity index (χ4v) is 4.32. The summed E-state index contributed by atoms with van der Waals surface area (Å²) >= 11 is 1.79. The van der Waals surface area contributed by atoms with Gasteiger partial charge in [-0.15, -0.1) is 11.8 Å². The van der Waals surface area contributed by atoms with Crippen LogP contribution in [-0.2, 0) is 9.59 Å². The molecule has 1 unspecified atom stereocenters. The van der Waals surface area contributed by atoms with Crippen LogP contribution in [0.2, 0.25) is 0 Å². The molecule has 1 heterocycles. The van der Waals surface area contributed by atoms with Gasteiger partial charge in [-0.1, -0.05) is 25.1 Å². The minimum absolute atomic E-state index is 0.00166. The molecule has 2 aromatic rings. The van der Waals surface area contributed by atoms with E-state index in [1.165, 1.54) is 12.1 Å². The SMILES string of the molecule is C[C@@H]1CCN(C(=O)C[NH+](C)CC(=O)Nc2cccc(F)c2)c2ccccc2S1. The molecular formula is C21H25FN3O2S+. The number of fused-ring (bicyclic) bond motifs is 1. The van der Waals surface area contributed by atoms with Crippen molar-refractivity contribution in [1.29, 1.82) is 0 Å². The molecule has 0 saturated heterocycles. The van der Waals surface area contributed by atoms with Crippen molar-refractivity contribution in [2.75, 3.05) is 36.9 Å². The van der Waals surface area contributed by atoms with Gasteiger partial charge in [0.25, 0.3) is 11.8 Å². The molecule has 2 N–H and O–H groups in total. The maximum atomic E-state index is 13.2. The van der Waals surface area contributed by atoms with Crippen molar-refractivity contribution in [2.24, 2.45) is 0 Å². The fraction of sp³-hybridized carbons (Fsp3) is 0.333. The number of rotatable bonds is 5. The summed E-state index contributed by atoms with van der Waals surface area (Å²) in [5.74, 6) is -0.657. The van der Waals surface area contributed by atoms with E-state index in [2.05, 4.69) is 12.2 Å². The van der Waals surface area contributed by atoms with Crippen LogP contribution in [0.5, 0.6) is 0 Å². The van der Waals surface area contributed by atoms with E-state index in [0.717, 1.165) is 21.9 Å². The number of hydrogen-bond acceptors (Lipinski definition) is 3. The van der Waals surface area contributed by atoms with Crippen LogP contribution in [0, 0.1) is 5.82 Å². The van der Waals surface area contributed by atoms with Crippen LogP contribution in [0.15, 0.2) is 53.4 Å². The lowest BCUT2D eigenvalue weighted by atomic mass is 10.2. The summed E-state index contributed by atoms with van der Waals surface area (Å²) in [4.78, 5) is 28.9. The second-order valence-corrected chi connectivity index (χ2v) is 8.58. The molecule has 5 nitrogen and oxygen atoms in total. The molecule has 0 saturated carbocycles. The lowest BCUT2D eigenvalue weighted by Gasteiger charge is -2.24. The maximum Gasteiger partial charge on any atom is 0.282 e. The molecule has 0 radical (unpaired) electrons. The van der Waals surface area contributed by atoms with E-state index in [1.54, 1.807) is 23.9 Å². The van der Waals surface area contributed by atoms with Gasteiger partial charge in [0, 0.05) is 22.4 Å². The minimum atomic E-state index is -0.402. The average molecular weight is 403 g/mol. The van der Waals surface area contributed by atoms with Crippen molar-refractivity contribution >= 4 is 35.0 Å². The molecule has 28 heavy (non-hydrogen) atoms. The number of halogens is 1. The van der Waals surface area contributed by atoms with Gasteiger partial charge in [0.2, 0.25) is 0 Å². The first kappa shape index (κ1) is 20.4. The Balaban J connectivity index is 1.60. The predicted molar refractivity (Wildman–Crippen MR) is 110 cm³/mol. The van der Waals surface area contributed by atoms with Gasteiger partial charge in [-0.2, -0.15) is 0 Å². The zero-order valence-electron chi connectivity index (χ0n) is 16.1. The van der Waals surface area contributed by atoms with Gasteiger partial charge in [0.15, 0.2) is 13.1 Å². The molecule has 7 heteroatoms. The summed E-state index contributed by atoms with van der Waals surface area (Å²) in [5, 5.41) is 3.12. The second kappa shape index (κ2) is 9.21. The monoisotopic (exact) mass is 402 g/mol. The second-order valence-electron chi connectivity index (χ2n) is 7.10. The number of quaternary nitrogens is 1. The topological polar surface area (TPSA) is 53.9 Å². The molecule has 0 spiro atoms. The Morgan fingerprint density at radius 1 is 1.21 bits per heavy atom. The Kier molecular flexibility index (Phi) is 6.70. The quantitative estimate of drug-likeness (QED) is 0.806. The van der Waals surface area contributed by atoms with Crippen LogP contribution in [0.4, 0.5) is 15.8 Å². The van der Waals surface area contributed by atoms with E-state index < -0.39 is 5.82 Å². The highest BCUT2D eigenvalue weighted by Crippen LogP contribution is 2.37. The van der Waals surface area contributed by atoms with Gasteiger partial charge >= 0.3 is 0 Å². The van der Waals surface area contributed by atoms with Crippen molar-refractivity contribution in [3.63, 3.8) is 0 Å². The molecular weight excluding hydrogens is 377 g/mol. The smallest absolute Gasteiger partial charge is 0.282 e. The Bertz CT molecular complexity index is 861. The normalized spacial score (nSPS) is 17.4. The Hall–Kier alpha value is -2.38. The molecule has 3 rings (SSSR count). The van der Waals surface area contributed by atoms with Crippen molar-refractivity contribution in [1.82, 2.24) is 0 Å². The number of thioether (sulfide) groups is 1. The van der Waals surface area contributed by atoms with Crippen molar-refractivity contribution in [3.05, 3.63) is 54.3 Å². The highest BCUT2D eigenvalue weighted by molar-refractivity contribution is 8.00. The van der Waals surface area contributed by atoms with Crippen molar-refractivity contribution < 1.29 is 18.9 Å². The summed E-state index contributed by atoms with van der Waals surface area (Å²) in [5.41, 5.74) is 1.36. The third kappa shape index (κ3) is 5.33. The van der Waals surface area contributed by atoms with Crippen LogP contribution < -0.4 is 15.1 Å². The van der Waals surface area contributed by atoms with E-state index in [1.807, 2.05) is 36.2 Å². The molecule has 0 fully saturated rings. The third-order valence-electron chi connectivity index (χ3n) is 4.57. The average Bonchev–Trinajstić information content (AvgIpc) is 2.79. The Morgan fingerprint density at radius 2 is 2.00 bits per heavy atom. The molecule has 148 valence electrons. The van der Waals surface area contributed by atoms with Crippen LogP contribution in [0.3, 0.4) is 0 Å². The zero-order valence-corrected chi connectivity index (χ0v) is 16.9. The first-order valence-electron chi connectivity index (χ1n) is 9.35. The summed E-state index contributed by atoms with van der Waals surface area (Å²) in [6.45, 7) is 3.18. The van der Waals surface area contributed by atoms with E-state index in [4.69, 9.17) is 0 Å². The number of nitrogens with zero attached hydrogens (tertiary/aromatic N) is 1. The van der Waals surface area contributed by atoms with Gasteiger partial charge in [-0.05, 0) is 36.8 Å². The third-order valence-corrected chi connectivity index (χ3v) is 5.81. The molecule has 0 bridgehead atoms. The molecule has 0 aliphatic carbocycles. The molecule has 0 aromatic heterocycles. The number of nitrogens with one attached hydrogen (secondary N) is 2. The molecule has 1 aliphatic rings. The number of carbonyl (C=O) groups excluding carboxylic acids is 2. The maximum absolute atomic E-state index is 13.2. The fourth-order valence-electron chi connectivity index (χ4n) is 3.21. The number of benzene rings is 2. The molecule has 2 amide bonds. The highest BCUT2D eigenvalue weighted by atomic mass is 32.2. The van der Waals surface area contributed by atoms with Gasteiger partial charge in [-0.25, -0.2) is 4.39 Å². The van der Waals surface area contributed by atoms with Gasteiger partial charge in [0.1, 0.15) is 5.82 Å². The summed E-state index contributed by atoms with van der Waals surface area (Å²) in [6, 6.07) is 13.7. The number of anilines is 2. The lowest BCUT2D eigenvalue weighted by molar-refractivity contribution is -0.862. The Morgan fingerprint density at radius 3 is 2.79 bits per heavy atom. The van der Waals surface area contributed by atoms with E-state index in [-0.39, 0.29) is 24.9 Å². The first-order chi connectivity index (χ1) is 13.4. The van der Waals surface area contributed by atoms with E-state index in [0.29, 0.717) is 17.5 Å². The van der Waals surface area contributed by atoms with Crippen LogP contribution in [0.1, 0.15) is 13.3 Å². The largest absolute Gasteiger partial charge is 0.322 e. The molecule has 2 aromatic carbocycles. The predicted octanol–water partition coefficient (Wildman–Crippen LogP) is 2.20. The van der Waals surface area contributed by atoms with Gasteiger partial charge in [-0.3, -0.25) is 9.59 Å². The van der Waals surface area contributed by atoms with Crippen LogP contribution in [-0.4, -0.2) is 43.7 Å². The zero-order chi connectivity index (χ0) is 20.1. The van der Waals surface area contributed by atoms with Crippen molar-refractivity contribution in [2.45, 2.75) is 23.5 Å². The highest BCUT2D eigenvalue weighted by Gasteiger charge is 2.26. The summed E-state index contributed by atoms with van der Waals surface area (Å²) < 4.78 is 13.2. The van der Waals surface area contributed by atoms with E-state index >= 15 is 0 Å². The van der Waals surface area contributed by atoms with Gasteiger partial charge < -0.3 is 15.1 Å².